The van der Waals surface area contributed by atoms with Gasteiger partial charge in [-0.2, -0.15) is 13.9 Å². The molecule has 0 aliphatic rings. The van der Waals surface area contributed by atoms with Gasteiger partial charge in [0.05, 0.1) is 6.54 Å². The van der Waals surface area contributed by atoms with E-state index in [9.17, 15) is 8.78 Å². The number of benzene rings is 2. The second-order valence-electron chi connectivity index (χ2n) is 6.29. The lowest BCUT2D eigenvalue weighted by Crippen LogP contribution is -2.36. The van der Waals surface area contributed by atoms with Crippen molar-refractivity contribution in [2.45, 2.75) is 26.2 Å². The van der Waals surface area contributed by atoms with Gasteiger partial charge in [-0.25, -0.2) is 0 Å². The van der Waals surface area contributed by atoms with Gasteiger partial charge in [-0.1, -0.05) is 42.5 Å². The summed E-state index contributed by atoms with van der Waals surface area (Å²) < 4.78 is 31.5. The average Bonchev–Trinajstić information content (AvgIpc) is 3.22. The molecule has 6 nitrogen and oxygen atoms in total. The number of nitrogens with one attached hydrogen (secondary N) is 2. The minimum Gasteiger partial charge on any atom is -0.434 e. The third-order valence-electron chi connectivity index (χ3n) is 4.21. The molecule has 9 heteroatoms. The first-order chi connectivity index (χ1) is 14.1. The zero-order chi connectivity index (χ0) is 20.5. The molecule has 0 aliphatic carbocycles. The van der Waals surface area contributed by atoms with E-state index in [0.29, 0.717) is 31.2 Å². The number of aliphatic imine (C=N–C) groups is 1. The number of halogens is 3. The molecule has 0 atom stereocenters. The minimum atomic E-state index is -2.86. The van der Waals surface area contributed by atoms with Gasteiger partial charge in [-0.05, 0) is 23.3 Å². The second-order valence-corrected chi connectivity index (χ2v) is 6.29. The number of hydrogen-bond acceptors (Lipinski definition) is 3. The molecular weight excluding hydrogens is 503 g/mol. The summed E-state index contributed by atoms with van der Waals surface area (Å²) >= 11 is 0. The van der Waals surface area contributed by atoms with Crippen molar-refractivity contribution < 1.29 is 13.5 Å². The first kappa shape index (κ1) is 23.6. The number of nitrogens with zero attached hydrogens (tertiary/aromatic N) is 3. The van der Waals surface area contributed by atoms with E-state index in [1.807, 2.05) is 29.1 Å². The van der Waals surface area contributed by atoms with Gasteiger partial charge in [-0.3, -0.25) is 9.67 Å². The van der Waals surface area contributed by atoms with E-state index in [1.54, 1.807) is 31.4 Å². The maximum Gasteiger partial charge on any atom is 0.387 e. The summed E-state index contributed by atoms with van der Waals surface area (Å²) in [7, 11) is 1.66. The van der Waals surface area contributed by atoms with E-state index in [0.717, 1.165) is 11.1 Å². The highest BCUT2D eigenvalue weighted by Crippen LogP contribution is 2.19. The van der Waals surface area contributed by atoms with Crippen molar-refractivity contribution in [3.8, 4) is 5.75 Å². The molecule has 0 bridgehead atoms. The van der Waals surface area contributed by atoms with Gasteiger partial charge >= 0.3 is 6.61 Å². The number of guanidine groups is 1. The molecular formula is C21H24F2IN5O. The largest absolute Gasteiger partial charge is 0.434 e. The average molecular weight is 527 g/mol. The fourth-order valence-corrected chi connectivity index (χ4v) is 2.87. The molecule has 0 amide bonds. The van der Waals surface area contributed by atoms with Crippen LogP contribution in [0.3, 0.4) is 0 Å². The van der Waals surface area contributed by atoms with Gasteiger partial charge in [-0.15, -0.1) is 24.0 Å². The smallest absolute Gasteiger partial charge is 0.387 e. The molecule has 30 heavy (non-hydrogen) atoms. The molecule has 1 aromatic heterocycles. The van der Waals surface area contributed by atoms with Gasteiger partial charge in [0.15, 0.2) is 5.96 Å². The fourth-order valence-electron chi connectivity index (χ4n) is 2.87. The molecule has 0 fully saturated rings. The summed E-state index contributed by atoms with van der Waals surface area (Å²) in [6, 6.07) is 16.8. The summed E-state index contributed by atoms with van der Waals surface area (Å²) in [6.45, 7) is -1.28. The van der Waals surface area contributed by atoms with Crippen LogP contribution in [0.25, 0.3) is 0 Å². The molecule has 160 valence electrons. The first-order valence-electron chi connectivity index (χ1n) is 9.16. The Balaban J connectivity index is 0.00000320. The second kappa shape index (κ2) is 12.1. The van der Waals surface area contributed by atoms with E-state index in [4.69, 9.17) is 0 Å². The summed E-state index contributed by atoms with van der Waals surface area (Å²) in [6.07, 6.45) is 3.68. The maximum atomic E-state index is 12.5. The molecule has 0 spiro atoms. The molecule has 0 radical (unpaired) electrons. The van der Waals surface area contributed by atoms with Crippen LogP contribution in [0.15, 0.2) is 72.0 Å². The van der Waals surface area contributed by atoms with Crippen LogP contribution in [0.2, 0.25) is 0 Å². The minimum absolute atomic E-state index is 0. The number of para-hydroxylation sites is 1. The summed E-state index contributed by atoms with van der Waals surface area (Å²) in [5.41, 5.74) is 2.87. The Morgan fingerprint density at radius 1 is 1.07 bits per heavy atom. The SMILES string of the molecule is CN=C(NCc1cccc(Cn2cccn2)c1)NCc1ccccc1OC(F)F.I. The Bertz CT molecular complexity index is 935. The van der Waals surface area contributed by atoms with Gasteiger partial charge in [0.2, 0.25) is 0 Å². The highest BCUT2D eigenvalue weighted by molar-refractivity contribution is 14.0. The van der Waals surface area contributed by atoms with Crippen LogP contribution in [0.5, 0.6) is 5.75 Å². The van der Waals surface area contributed by atoms with Gasteiger partial charge in [0.1, 0.15) is 5.75 Å². The number of rotatable bonds is 8. The Morgan fingerprint density at radius 2 is 1.83 bits per heavy atom. The molecule has 0 unspecified atom stereocenters. The quantitative estimate of drug-likeness (QED) is 0.264. The van der Waals surface area contributed by atoms with E-state index >= 15 is 0 Å². The van der Waals surface area contributed by atoms with Gasteiger partial charge < -0.3 is 15.4 Å². The number of aromatic nitrogens is 2. The standard InChI is InChI=1S/C21H23F2N5O.HI/c1-24-21(26-14-18-8-2-3-9-19(18)29-20(22)23)25-13-16-6-4-7-17(12-16)15-28-11-5-10-27-28;/h2-12,20H,13-15H2,1H3,(H2,24,25,26);1H. The lowest BCUT2D eigenvalue weighted by molar-refractivity contribution is -0.0504. The van der Waals surface area contributed by atoms with E-state index in [1.165, 1.54) is 6.07 Å². The van der Waals surface area contributed by atoms with Gasteiger partial charge in [0.25, 0.3) is 0 Å². The van der Waals surface area contributed by atoms with Crippen LogP contribution in [0.1, 0.15) is 16.7 Å². The molecule has 0 saturated carbocycles. The first-order valence-corrected chi connectivity index (χ1v) is 9.16. The zero-order valence-electron chi connectivity index (χ0n) is 16.5. The summed E-state index contributed by atoms with van der Waals surface area (Å²) in [5.74, 6) is 0.714. The number of alkyl halides is 2. The molecule has 0 aliphatic heterocycles. The van der Waals surface area contributed by atoms with Crippen molar-refractivity contribution in [1.82, 2.24) is 20.4 Å². The summed E-state index contributed by atoms with van der Waals surface area (Å²) in [5, 5.41) is 10.6. The van der Waals surface area contributed by atoms with Crippen LogP contribution in [-0.4, -0.2) is 29.4 Å². The van der Waals surface area contributed by atoms with Crippen molar-refractivity contribution in [3.63, 3.8) is 0 Å². The molecule has 3 aromatic rings. The van der Waals surface area contributed by atoms with Crippen molar-refractivity contribution in [3.05, 3.63) is 83.7 Å². The molecule has 3 rings (SSSR count). The highest BCUT2D eigenvalue weighted by Gasteiger charge is 2.09. The fraction of sp³-hybridized carbons (Fsp3) is 0.238. The van der Waals surface area contributed by atoms with Crippen molar-refractivity contribution in [1.29, 1.82) is 0 Å². The predicted molar refractivity (Wildman–Crippen MR) is 123 cm³/mol. The summed E-state index contributed by atoms with van der Waals surface area (Å²) in [4.78, 5) is 4.18. The van der Waals surface area contributed by atoms with Crippen molar-refractivity contribution >= 4 is 29.9 Å². The lowest BCUT2D eigenvalue weighted by atomic mass is 10.1. The third-order valence-corrected chi connectivity index (χ3v) is 4.21. The maximum absolute atomic E-state index is 12.5. The van der Waals surface area contributed by atoms with Crippen LogP contribution >= 0.6 is 24.0 Å². The third kappa shape index (κ3) is 7.29. The Hall–Kier alpha value is -2.69. The molecule has 0 saturated heterocycles. The van der Waals surface area contributed by atoms with Crippen LogP contribution < -0.4 is 15.4 Å². The monoisotopic (exact) mass is 527 g/mol. The Labute approximate surface area is 191 Å². The molecule has 2 aromatic carbocycles. The molecule has 2 N–H and O–H groups in total. The predicted octanol–water partition coefficient (Wildman–Crippen LogP) is 4.02. The van der Waals surface area contributed by atoms with E-state index in [2.05, 4.69) is 37.6 Å². The number of hydrogen-bond donors (Lipinski definition) is 2. The van der Waals surface area contributed by atoms with Crippen LogP contribution in [0.4, 0.5) is 8.78 Å². The van der Waals surface area contributed by atoms with Crippen molar-refractivity contribution in [2.75, 3.05) is 7.05 Å². The van der Waals surface area contributed by atoms with Gasteiger partial charge in [0, 0.05) is 38.1 Å². The highest BCUT2D eigenvalue weighted by atomic mass is 127. The zero-order valence-corrected chi connectivity index (χ0v) is 18.8. The topological polar surface area (TPSA) is 63.5 Å². The Kier molecular flexibility index (Phi) is 9.52. The number of ether oxygens (including phenoxy) is 1. The van der Waals surface area contributed by atoms with E-state index < -0.39 is 6.61 Å². The van der Waals surface area contributed by atoms with E-state index in [-0.39, 0.29) is 29.7 Å². The molecule has 1 heterocycles. The Morgan fingerprint density at radius 3 is 2.57 bits per heavy atom. The van der Waals surface area contributed by atoms with Crippen LogP contribution in [0, 0.1) is 0 Å². The van der Waals surface area contributed by atoms with Crippen LogP contribution in [-0.2, 0) is 19.6 Å². The lowest BCUT2D eigenvalue weighted by Gasteiger charge is -2.15. The normalized spacial score (nSPS) is 11.1. The van der Waals surface area contributed by atoms with Crippen molar-refractivity contribution in [2.24, 2.45) is 4.99 Å².